The van der Waals surface area contributed by atoms with Gasteiger partial charge in [-0.15, -0.1) is 0 Å². The maximum atomic E-state index is 12.5. The van der Waals surface area contributed by atoms with E-state index in [4.69, 9.17) is 5.11 Å². The fraction of sp³-hybridized carbons (Fsp3) is 0.450. The van der Waals surface area contributed by atoms with E-state index in [1.165, 1.54) is 5.56 Å². The van der Waals surface area contributed by atoms with E-state index < -0.39 is 5.97 Å². The first-order valence-corrected chi connectivity index (χ1v) is 9.02. The van der Waals surface area contributed by atoms with E-state index in [1.54, 1.807) is 11.5 Å². The Balaban J connectivity index is 1.75. The number of carboxylic acids is 1. The smallest absolute Gasteiger partial charge is 0.348 e. The lowest BCUT2D eigenvalue weighted by atomic mass is 10.0. The summed E-state index contributed by atoms with van der Waals surface area (Å²) in [6.45, 7) is 6.28. The summed E-state index contributed by atoms with van der Waals surface area (Å²) in [5.41, 5.74) is 2.94. The molecule has 0 unspecified atom stereocenters. The predicted molar refractivity (Wildman–Crippen MR) is 99.3 cm³/mol. The fourth-order valence-corrected chi connectivity index (χ4v) is 3.83. The van der Waals surface area contributed by atoms with Gasteiger partial charge in [0.25, 0.3) is 0 Å². The Morgan fingerprint density at radius 2 is 1.85 bits per heavy atom. The van der Waals surface area contributed by atoms with Crippen LogP contribution >= 0.6 is 0 Å². The van der Waals surface area contributed by atoms with Crippen LogP contribution in [0.2, 0.25) is 0 Å². The number of carboxylic acid groups (broad SMARTS) is 1. The van der Waals surface area contributed by atoms with Gasteiger partial charge in [0.15, 0.2) is 0 Å². The van der Waals surface area contributed by atoms with Crippen LogP contribution in [0.1, 0.15) is 41.4 Å². The Kier molecular flexibility index (Phi) is 5.52. The number of aryl methyl sites for hydroxylation is 1. The molecule has 1 aliphatic heterocycles. The quantitative estimate of drug-likeness (QED) is 0.891. The van der Waals surface area contributed by atoms with Gasteiger partial charge in [0.2, 0.25) is 0 Å². The first-order valence-electron chi connectivity index (χ1n) is 9.02. The topological polar surface area (TPSA) is 75.4 Å². The van der Waals surface area contributed by atoms with Gasteiger partial charge in [-0.2, -0.15) is 4.98 Å². The van der Waals surface area contributed by atoms with Gasteiger partial charge in [-0.25, -0.2) is 4.79 Å². The van der Waals surface area contributed by atoms with Crippen molar-refractivity contribution in [1.82, 2.24) is 14.5 Å². The number of benzene rings is 1. The monoisotopic (exact) mass is 355 g/mol. The summed E-state index contributed by atoms with van der Waals surface area (Å²) in [5, 5.41) is 9.14. The van der Waals surface area contributed by atoms with Gasteiger partial charge in [0, 0.05) is 42.6 Å². The largest absolute Gasteiger partial charge is 0.481 e. The van der Waals surface area contributed by atoms with Crippen LogP contribution in [0.5, 0.6) is 0 Å². The third-order valence-electron chi connectivity index (χ3n) is 5.20. The number of aromatic nitrogens is 2. The predicted octanol–water partition coefficient (Wildman–Crippen LogP) is 2.32. The summed E-state index contributed by atoms with van der Waals surface area (Å²) in [5.74, 6) is -0.902. The van der Waals surface area contributed by atoms with E-state index in [1.807, 2.05) is 25.1 Å². The number of nitrogens with zero attached hydrogens (tertiary/aromatic N) is 3. The molecule has 0 radical (unpaired) electrons. The molecule has 2 heterocycles. The number of rotatable bonds is 5. The molecule has 2 aromatic rings. The van der Waals surface area contributed by atoms with Gasteiger partial charge >= 0.3 is 11.7 Å². The van der Waals surface area contributed by atoms with Crippen LogP contribution in [-0.2, 0) is 17.8 Å². The van der Waals surface area contributed by atoms with E-state index in [-0.39, 0.29) is 18.2 Å². The Morgan fingerprint density at radius 3 is 2.46 bits per heavy atom. The zero-order chi connectivity index (χ0) is 18.7. The van der Waals surface area contributed by atoms with E-state index in [9.17, 15) is 9.59 Å². The first kappa shape index (κ1) is 18.3. The van der Waals surface area contributed by atoms with Crippen molar-refractivity contribution in [1.29, 1.82) is 0 Å². The zero-order valence-corrected chi connectivity index (χ0v) is 15.3. The maximum Gasteiger partial charge on any atom is 0.348 e. The van der Waals surface area contributed by atoms with Gasteiger partial charge in [-0.1, -0.05) is 30.3 Å². The molecule has 0 bridgehead atoms. The molecule has 1 N–H and O–H groups in total. The number of hydrogen-bond donors (Lipinski definition) is 1. The van der Waals surface area contributed by atoms with Crippen LogP contribution in [-0.4, -0.2) is 38.6 Å². The molecule has 6 nitrogen and oxygen atoms in total. The van der Waals surface area contributed by atoms with Crippen LogP contribution in [0.3, 0.4) is 0 Å². The minimum atomic E-state index is -0.902. The minimum absolute atomic E-state index is 0.0789. The van der Waals surface area contributed by atoms with Gasteiger partial charge in [-0.3, -0.25) is 14.3 Å². The van der Waals surface area contributed by atoms with Gasteiger partial charge < -0.3 is 5.11 Å². The highest BCUT2D eigenvalue weighted by molar-refractivity contribution is 5.70. The zero-order valence-electron chi connectivity index (χ0n) is 15.3. The van der Waals surface area contributed by atoms with Crippen LogP contribution in [0.25, 0.3) is 0 Å². The van der Waals surface area contributed by atoms with Crippen molar-refractivity contribution in [3.63, 3.8) is 0 Å². The Hall–Kier alpha value is -2.47. The standard InChI is InChI=1S/C20H25N3O3/c1-14-18(12-19(24)25)15(2)23(20(26)21-14)17-8-10-22(11-9-17)13-16-6-4-3-5-7-16/h3-7,17H,8-13H2,1-2H3,(H,24,25). The van der Waals surface area contributed by atoms with E-state index >= 15 is 0 Å². The van der Waals surface area contributed by atoms with Gasteiger partial charge in [0.05, 0.1) is 6.42 Å². The first-order chi connectivity index (χ1) is 12.5. The van der Waals surface area contributed by atoms with Crippen molar-refractivity contribution in [2.45, 2.75) is 45.7 Å². The van der Waals surface area contributed by atoms with Crippen molar-refractivity contribution >= 4 is 5.97 Å². The van der Waals surface area contributed by atoms with Crippen LogP contribution in [0.15, 0.2) is 35.1 Å². The Morgan fingerprint density at radius 1 is 1.19 bits per heavy atom. The summed E-state index contributed by atoms with van der Waals surface area (Å²) in [6.07, 6.45) is 1.63. The number of carbonyl (C=O) groups is 1. The molecule has 6 heteroatoms. The van der Waals surface area contributed by atoms with Crippen LogP contribution in [0, 0.1) is 13.8 Å². The molecule has 0 spiro atoms. The lowest BCUT2D eigenvalue weighted by Gasteiger charge is -2.34. The highest BCUT2D eigenvalue weighted by atomic mass is 16.4. The second-order valence-electron chi connectivity index (χ2n) is 6.98. The molecule has 1 fully saturated rings. The summed E-state index contributed by atoms with van der Waals surface area (Å²) < 4.78 is 1.71. The van der Waals surface area contributed by atoms with Crippen molar-refractivity contribution in [2.75, 3.05) is 13.1 Å². The highest BCUT2D eigenvalue weighted by Crippen LogP contribution is 2.25. The third-order valence-corrected chi connectivity index (χ3v) is 5.20. The maximum absolute atomic E-state index is 12.5. The van der Waals surface area contributed by atoms with Crippen molar-refractivity contribution in [3.8, 4) is 0 Å². The molecule has 1 aromatic heterocycles. The second-order valence-corrected chi connectivity index (χ2v) is 6.98. The summed E-state index contributed by atoms with van der Waals surface area (Å²) in [7, 11) is 0. The molecule has 3 rings (SSSR count). The van der Waals surface area contributed by atoms with Gasteiger partial charge in [0.1, 0.15) is 0 Å². The molecule has 138 valence electrons. The molecule has 0 atom stereocenters. The van der Waals surface area contributed by atoms with E-state index in [0.717, 1.165) is 38.2 Å². The fourth-order valence-electron chi connectivity index (χ4n) is 3.83. The van der Waals surface area contributed by atoms with E-state index in [0.29, 0.717) is 11.3 Å². The van der Waals surface area contributed by atoms with Crippen LogP contribution < -0.4 is 5.69 Å². The molecule has 1 saturated heterocycles. The Bertz CT molecular complexity index is 837. The lowest BCUT2D eigenvalue weighted by molar-refractivity contribution is -0.136. The molecule has 1 aromatic carbocycles. The van der Waals surface area contributed by atoms with Crippen molar-refractivity contribution in [3.05, 3.63) is 63.3 Å². The summed E-state index contributed by atoms with van der Waals surface area (Å²) in [4.78, 5) is 30.1. The molecule has 0 aliphatic carbocycles. The SMILES string of the molecule is Cc1nc(=O)n(C2CCN(Cc3ccccc3)CC2)c(C)c1CC(=O)O. The lowest BCUT2D eigenvalue weighted by Crippen LogP contribution is -2.39. The summed E-state index contributed by atoms with van der Waals surface area (Å²) in [6, 6.07) is 10.4. The van der Waals surface area contributed by atoms with Crippen LogP contribution in [0.4, 0.5) is 0 Å². The molecular weight excluding hydrogens is 330 g/mol. The number of piperidine rings is 1. The number of hydrogen-bond acceptors (Lipinski definition) is 4. The van der Waals surface area contributed by atoms with Crippen molar-refractivity contribution in [2.24, 2.45) is 0 Å². The second kappa shape index (κ2) is 7.83. The minimum Gasteiger partial charge on any atom is -0.481 e. The normalized spacial score (nSPS) is 15.9. The molecule has 1 aliphatic rings. The number of aliphatic carboxylic acids is 1. The average Bonchev–Trinajstić information content (AvgIpc) is 2.61. The van der Waals surface area contributed by atoms with E-state index in [2.05, 4.69) is 22.0 Å². The Labute approximate surface area is 153 Å². The molecular formula is C20H25N3O3. The molecule has 26 heavy (non-hydrogen) atoms. The number of likely N-dealkylation sites (tertiary alicyclic amines) is 1. The highest BCUT2D eigenvalue weighted by Gasteiger charge is 2.24. The van der Waals surface area contributed by atoms with Gasteiger partial charge in [-0.05, 0) is 32.3 Å². The third kappa shape index (κ3) is 4.02. The summed E-state index contributed by atoms with van der Waals surface area (Å²) >= 11 is 0. The van der Waals surface area contributed by atoms with Crippen molar-refractivity contribution < 1.29 is 9.90 Å². The molecule has 0 saturated carbocycles. The average molecular weight is 355 g/mol. The molecule has 0 amide bonds.